The maximum absolute atomic E-state index is 13.6. The largest absolute Gasteiger partial charge is 0.478 e. The van der Waals surface area contributed by atoms with Gasteiger partial charge >= 0.3 is 5.97 Å². The van der Waals surface area contributed by atoms with E-state index in [-0.39, 0.29) is 36.2 Å². The summed E-state index contributed by atoms with van der Waals surface area (Å²) in [6.45, 7) is 0.0181. The summed E-state index contributed by atoms with van der Waals surface area (Å²) in [5.74, 6) is -0.603. The molecule has 1 aliphatic heterocycles. The van der Waals surface area contributed by atoms with Crippen LogP contribution in [0, 0.1) is 0 Å². The Kier molecular flexibility index (Phi) is 3.88. The van der Waals surface area contributed by atoms with Crippen molar-refractivity contribution in [1.82, 2.24) is 4.98 Å². The van der Waals surface area contributed by atoms with Gasteiger partial charge in [0.05, 0.1) is 35.3 Å². The summed E-state index contributed by atoms with van der Waals surface area (Å²) in [5, 5.41) is 19.2. The Hall–Kier alpha value is -1.92. The van der Waals surface area contributed by atoms with Crippen LogP contribution in [0.2, 0.25) is 5.02 Å². The molecule has 2 N–H and O–H groups in total. The van der Waals surface area contributed by atoms with Crippen LogP contribution >= 0.6 is 11.6 Å². The molecule has 2 unspecified atom stereocenters. The smallest absolute Gasteiger partial charge is 0.337 e. The summed E-state index contributed by atoms with van der Waals surface area (Å²) in [4.78, 5) is 17.4. The molecule has 2 heterocycles. The number of alkyl halides is 1. The maximum Gasteiger partial charge on any atom is 0.337 e. The minimum Gasteiger partial charge on any atom is -0.478 e. The Balaban J connectivity index is 2.08. The number of hydrogen-bond donors (Lipinski definition) is 2. The van der Waals surface area contributed by atoms with E-state index in [9.17, 15) is 19.4 Å². The van der Waals surface area contributed by atoms with Gasteiger partial charge in [0.1, 0.15) is 12.0 Å². The van der Waals surface area contributed by atoms with Gasteiger partial charge in [-0.3, -0.25) is 0 Å². The molecular weight excluding hydrogens is 311 g/mol. The summed E-state index contributed by atoms with van der Waals surface area (Å²) in [6.07, 6.45) is -0.744. The fourth-order valence-corrected chi connectivity index (χ4v) is 3.10. The van der Waals surface area contributed by atoms with E-state index in [1.807, 2.05) is 0 Å². The van der Waals surface area contributed by atoms with Crippen LogP contribution in [0.4, 0.5) is 10.2 Å². The molecule has 5 nitrogen and oxygen atoms in total. The number of aliphatic hydroxyl groups excluding tert-OH is 1. The second-order valence-corrected chi connectivity index (χ2v) is 5.69. The van der Waals surface area contributed by atoms with Crippen molar-refractivity contribution in [2.75, 3.05) is 18.1 Å². The van der Waals surface area contributed by atoms with Gasteiger partial charge in [-0.25, -0.2) is 14.2 Å². The Labute approximate surface area is 130 Å². The number of aromatic nitrogens is 1. The van der Waals surface area contributed by atoms with E-state index < -0.39 is 12.1 Å². The maximum atomic E-state index is 13.6. The number of pyridine rings is 1. The summed E-state index contributed by atoms with van der Waals surface area (Å²) in [7, 11) is 0. The molecule has 2 atom stereocenters. The molecule has 0 spiro atoms. The van der Waals surface area contributed by atoms with Gasteiger partial charge in [0.15, 0.2) is 0 Å². The minimum atomic E-state index is -1.12. The highest BCUT2D eigenvalue weighted by Gasteiger charge is 2.32. The van der Waals surface area contributed by atoms with E-state index in [1.54, 1.807) is 23.1 Å². The van der Waals surface area contributed by atoms with Crippen LogP contribution in [0.25, 0.3) is 10.9 Å². The second-order valence-electron chi connectivity index (χ2n) is 5.29. The number of halogens is 2. The zero-order chi connectivity index (χ0) is 15.9. The molecule has 0 radical (unpaired) electrons. The van der Waals surface area contributed by atoms with Crippen molar-refractivity contribution in [3.63, 3.8) is 0 Å². The fourth-order valence-electron chi connectivity index (χ4n) is 2.86. The van der Waals surface area contributed by atoms with Crippen molar-refractivity contribution < 1.29 is 19.4 Å². The van der Waals surface area contributed by atoms with Crippen LogP contribution in [0.1, 0.15) is 16.8 Å². The average molecular weight is 325 g/mol. The standard InChI is InChI=1S/C15H14ClFN2O3/c16-11-2-3-12-10(14(11)15(21)22)1-4-13(18-12)19-6-8(17)5-9(19)7-20/h1-4,8-9,20H,5-7H2,(H,21,22). The highest BCUT2D eigenvalue weighted by atomic mass is 35.5. The normalized spacial score (nSPS) is 21.5. The van der Waals surface area contributed by atoms with Crippen molar-refractivity contribution in [3.05, 3.63) is 34.9 Å². The van der Waals surface area contributed by atoms with Gasteiger partial charge in [0, 0.05) is 11.8 Å². The van der Waals surface area contributed by atoms with Crippen LogP contribution in [-0.2, 0) is 0 Å². The molecule has 2 aromatic rings. The molecule has 0 saturated carbocycles. The number of fused-ring (bicyclic) bond motifs is 1. The number of rotatable bonds is 3. The lowest BCUT2D eigenvalue weighted by molar-refractivity contribution is 0.0699. The molecule has 1 fully saturated rings. The summed E-state index contributed by atoms with van der Waals surface area (Å²) in [6, 6.07) is 6.05. The van der Waals surface area contributed by atoms with Crippen LogP contribution < -0.4 is 4.90 Å². The Morgan fingerprint density at radius 2 is 2.18 bits per heavy atom. The first kappa shape index (κ1) is 15.0. The van der Waals surface area contributed by atoms with Gasteiger partial charge < -0.3 is 15.1 Å². The van der Waals surface area contributed by atoms with Gasteiger partial charge in [-0.2, -0.15) is 0 Å². The Morgan fingerprint density at radius 3 is 2.86 bits per heavy atom. The van der Waals surface area contributed by atoms with Crippen molar-refractivity contribution in [2.45, 2.75) is 18.6 Å². The quantitative estimate of drug-likeness (QED) is 0.907. The number of nitrogens with zero attached hydrogens (tertiary/aromatic N) is 2. The van der Waals surface area contributed by atoms with Gasteiger partial charge in [0.2, 0.25) is 0 Å². The summed E-state index contributed by atoms with van der Waals surface area (Å²) >= 11 is 5.93. The molecule has 0 aliphatic carbocycles. The van der Waals surface area contributed by atoms with Crippen LogP contribution in [0.3, 0.4) is 0 Å². The molecule has 1 aromatic heterocycles. The highest BCUT2D eigenvalue weighted by Crippen LogP contribution is 2.30. The second kappa shape index (κ2) is 5.70. The van der Waals surface area contributed by atoms with Gasteiger partial charge in [-0.05, 0) is 24.3 Å². The lowest BCUT2D eigenvalue weighted by Gasteiger charge is -2.24. The van der Waals surface area contributed by atoms with Crippen molar-refractivity contribution in [1.29, 1.82) is 0 Å². The van der Waals surface area contributed by atoms with E-state index in [2.05, 4.69) is 4.98 Å². The Morgan fingerprint density at radius 1 is 1.41 bits per heavy atom. The number of anilines is 1. The van der Waals surface area contributed by atoms with E-state index in [0.717, 1.165) is 0 Å². The van der Waals surface area contributed by atoms with E-state index >= 15 is 0 Å². The van der Waals surface area contributed by atoms with Crippen molar-refractivity contribution in [2.24, 2.45) is 0 Å². The van der Waals surface area contributed by atoms with Gasteiger partial charge in [0.25, 0.3) is 0 Å². The Bertz CT molecular complexity index is 740. The predicted octanol–water partition coefficient (Wildman–Crippen LogP) is 2.50. The third kappa shape index (κ3) is 2.48. The van der Waals surface area contributed by atoms with Gasteiger partial charge in [-0.1, -0.05) is 11.6 Å². The van der Waals surface area contributed by atoms with E-state index in [1.165, 1.54) is 6.07 Å². The molecule has 1 saturated heterocycles. The molecule has 7 heteroatoms. The van der Waals surface area contributed by atoms with Crippen molar-refractivity contribution in [3.8, 4) is 0 Å². The lowest BCUT2D eigenvalue weighted by atomic mass is 10.1. The van der Waals surface area contributed by atoms with E-state index in [0.29, 0.717) is 16.7 Å². The zero-order valence-electron chi connectivity index (χ0n) is 11.5. The molecule has 116 valence electrons. The molecule has 0 amide bonds. The topological polar surface area (TPSA) is 73.7 Å². The zero-order valence-corrected chi connectivity index (χ0v) is 12.3. The van der Waals surface area contributed by atoms with Crippen LogP contribution in [0.5, 0.6) is 0 Å². The summed E-state index contributed by atoms with van der Waals surface area (Å²) in [5.41, 5.74) is 0.472. The fraction of sp³-hybridized carbons (Fsp3) is 0.333. The number of aromatic carboxylic acids is 1. The number of carbonyl (C=O) groups is 1. The summed E-state index contributed by atoms with van der Waals surface area (Å²) < 4.78 is 13.6. The first-order chi connectivity index (χ1) is 10.5. The van der Waals surface area contributed by atoms with Crippen LogP contribution in [-0.4, -0.2) is 46.5 Å². The molecule has 1 aliphatic rings. The minimum absolute atomic E-state index is 0.00159. The first-order valence-electron chi connectivity index (χ1n) is 6.85. The number of carboxylic acids is 1. The number of benzene rings is 1. The van der Waals surface area contributed by atoms with Crippen LogP contribution in [0.15, 0.2) is 24.3 Å². The molecule has 0 bridgehead atoms. The molecule has 1 aromatic carbocycles. The number of aliphatic hydroxyl groups is 1. The predicted molar refractivity (Wildman–Crippen MR) is 81.4 cm³/mol. The van der Waals surface area contributed by atoms with E-state index in [4.69, 9.17) is 11.6 Å². The lowest BCUT2D eigenvalue weighted by Crippen LogP contribution is -2.32. The third-order valence-corrected chi connectivity index (χ3v) is 4.20. The third-order valence-electron chi connectivity index (χ3n) is 3.89. The van der Waals surface area contributed by atoms with Gasteiger partial charge in [-0.15, -0.1) is 0 Å². The highest BCUT2D eigenvalue weighted by molar-refractivity contribution is 6.35. The van der Waals surface area contributed by atoms with Crippen molar-refractivity contribution >= 4 is 34.3 Å². The number of hydrogen-bond acceptors (Lipinski definition) is 4. The molecule has 22 heavy (non-hydrogen) atoms. The average Bonchev–Trinajstić information content (AvgIpc) is 2.87. The molecule has 3 rings (SSSR count). The first-order valence-corrected chi connectivity index (χ1v) is 7.23. The SMILES string of the molecule is O=C(O)c1c(Cl)ccc2nc(N3CC(F)CC3CO)ccc12. The number of carboxylic acid groups (broad SMARTS) is 1. The monoisotopic (exact) mass is 324 g/mol. The molecular formula is C15H14ClFN2O3.